The van der Waals surface area contributed by atoms with Gasteiger partial charge in [0.1, 0.15) is 6.61 Å². The first-order chi connectivity index (χ1) is 12.8. The fourth-order valence-corrected chi connectivity index (χ4v) is 3.37. The number of benzene rings is 1. The monoisotopic (exact) mass is 355 g/mol. The maximum Gasteiger partial charge on any atom is 0.229 e. The molecule has 1 saturated heterocycles. The van der Waals surface area contributed by atoms with E-state index in [4.69, 9.17) is 9.26 Å². The number of nitrogens with zero attached hydrogens (tertiary/aromatic N) is 3. The van der Waals surface area contributed by atoms with Crippen LogP contribution in [0.15, 0.2) is 34.9 Å². The Labute approximate surface area is 153 Å². The van der Waals surface area contributed by atoms with E-state index < -0.39 is 0 Å². The van der Waals surface area contributed by atoms with E-state index in [0.717, 1.165) is 44.5 Å². The summed E-state index contributed by atoms with van der Waals surface area (Å²) in [6.07, 6.45) is 5.61. The topological polar surface area (TPSA) is 68.5 Å². The Morgan fingerprint density at radius 1 is 1.23 bits per heavy atom. The second-order valence-corrected chi connectivity index (χ2v) is 7.22. The van der Waals surface area contributed by atoms with Gasteiger partial charge in [0, 0.05) is 25.4 Å². The van der Waals surface area contributed by atoms with Crippen molar-refractivity contribution < 1.29 is 14.1 Å². The zero-order valence-corrected chi connectivity index (χ0v) is 15.0. The third-order valence-electron chi connectivity index (χ3n) is 5.06. The van der Waals surface area contributed by atoms with Gasteiger partial charge in [0.25, 0.3) is 0 Å². The molecule has 26 heavy (non-hydrogen) atoms. The summed E-state index contributed by atoms with van der Waals surface area (Å²) in [4.78, 5) is 18.8. The van der Waals surface area contributed by atoms with Gasteiger partial charge in [-0.15, -0.1) is 0 Å². The van der Waals surface area contributed by atoms with Gasteiger partial charge in [-0.05, 0) is 37.7 Å². The predicted octanol–water partition coefficient (Wildman–Crippen LogP) is 3.09. The maximum atomic E-state index is 12.5. The summed E-state index contributed by atoms with van der Waals surface area (Å²) in [6, 6.07) is 10.1. The van der Waals surface area contributed by atoms with E-state index in [1.807, 2.05) is 23.1 Å². The maximum absolute atomic E-state index is 12.5. The van der Waals surface area contributed by atoms with E-state index in [0.29, 0.717) is 31.3 Å². The van der Waals surface area contributed by atoms with Crippen LogP contribution in [-0.4, -0.2) is 40.1 Å². The molecule has 1 atom stereocenters. The lowest BCUT2D eigenvalue weighted by Gasteiger charge is -2.32. The molecule has 0 N–H and O–H groups in total. The van der Waals surface area contributed by atoms with E-state index in [1.54, 1.807) is 0 Å². The third-order valence-corrected chi connectivity index (χ3v) is 5.06. The molecule has 2 aliphatic rings. The normalized spacial score (nSPS) is 20.3. The molecule has 1 aliphatic heterocycles. The zero-order chi connectivity index (χ0) is 17.8. The van der Waals surface area contributed by atoms with Gasteiger partial charge in [0.05, 0.1) is 6.10 Å². The molecule has 1 unspecified atom stereocenters. The lowest BCUT2D eigenvalue weighted by atomic mass is 10.1. The number of carbonyl (C=O) groups is 1. The molecule has 2 aromatic rings. The highest BCUT2D eigenvalue weighted by molar-refractivity contribution is 5.76. The van der Waals surface area contributed by atoms with Crippen molar-refractivity contribution in [3.8, 4) is 0 Å². The van der Waals surface area contributed by atoms with Gasteiger partial charge in [0.2, 0.25) is 11.8 Å². The molecule has 1 saturated carbocycles. The molecule has 2 fully saturated rings. The Balaban J connectivity index is 1.23. The molecule has 2 heterocycles. The third kappa shape index (κ3) is 4.49. The SMILES string of the molecule is O=C(CCc1ccccc1)N1CCCC(OCc2noc(C3CC3)n2)C1. The largest absolute Gasteiger partial charge is 0.368 e. The summed E-state index contributed by atoms with van der Waals surface area (Å²) in [6.45, 7) is 1.83. The number of carbonyl (C=O) groups excluding carboxylic acids is 1. The number of amides is 1. The standard InChI is InChI=1S/C20H25N3O3/c24-19(11-8-15-5-2-1-3-6-15)23-12-4-7-17(13-23)25-14-18-21-20(26-22-18)16-9-10-16/h1-3,5-6,16-17H,4,7-14H2. The first-order valence-electron chi connectivity index (χ1n) is 9.54. The van der Waals surface area contributed by atoms with Gasteiger partial charge in [0.15, 0.2) is 5.82 Å². The van der Waals surface area contributed by atoms with Crippen LogP contribution in [0.3, 0.4) is 0 Å². The summed E-state index contributed by atoms with van der Waals surface area (Å²) in [7, 11) is 0. The molecule has 4 rings (SSSR count). The minimum Gasteiger partial charge on any atom is -0.368 e. The minimum atomic E-state index is 0.0484. The van der Waals surface area contributed by atoms with E-state index in [9.17, 15) is 4.79 Å². The summed E-state index contributed by atoms with van der Waals surface area (Å²) in [5.41, 5.74) is 1.20. The summed E-state index contributed by atoms with van der Waals surface area (Å²) >= 11 is 0. The number of hydrogen-bond acceptors (Lipinski definition) is 5. The Morgan fingerprint density at radius 3 is 2.88 bits per heavy atom. The van der Waals surface area contributed by atoms with Crippen LogP contribution >= 0.6 is 0 Å². The Morgan fingerprint density at radius 2 is 2.08 bits per heavy atom. The van der Waals surface area contributed by atoms with Crippen LogP contribution in [0, 0.1) is 0 Å². The van der Waals surface area contributed by atoms with Crippen molar-refractivity contribution in [3.63, 3.8) is 0 Å². The van der Waals surface area contributed by atoms with Gasteiger partial charge in [-0.2, -0.15) is 4.98 Å². The highest BCUT2D eigenvalue weighted by Gasteiger charge is 2.30. The van der Waals surface area contributed by atoms with E-state index in [-0.39, 0.29) is 12.0 Å². The molecular formula is C20H25N3O3. The first-order valence-corrected chi connectivity index (χ1v) is 9.54. The average molecular weight is 355 g/mol. The molecule has 0 bridgehead atoms. The van der Waals surface area contributed by atoms with Crippen LogP contribution in [-0.2, 0) is 22.6 Å². The number of aryl methyl sites for hydroxylation is 1. The smallest absolute Gasteiger partial charge is 0.229 e. The van der Waals surface area contributed by atoms with Gasteiger partial charge in [-0.3, -0.25) is 4.79 Å². The zero-order valence-electron chi connectivity index (χ0n) is 15.0. The van der Waals surface area contributed by atoms with Crippen LogP contribution < -0.4 is 0 Å². The second kappa shape index (κ2) is 7.99. The van der Waals surface area contributed by atoms with Crippen molar-refractivity contribution in [2.75, 3.05) is 13.1 Å². The average Bonchev–Trinajstić information content (AvgIpc) is 3.44. The predicted molar refractivity (Wildman–Crippen MR) is 95.4 cm³/mol. The van der Waals surface area contributed by atoms with E-state index >= 15 is 0 Å². The van der Waals surface area contributed by atoms with Crippen LogP contribution in [0.5, 0.6) is 0 Å². The molecular weight excluding hydrogens is 330 g/mol. The molecule has 1 aromatic heterocycles. The summed E-state index contributed by atoms with van der Waals surface area (Å²) < 4.78 is 11.2. The van der Waals surface area contributed by atoms with Gasteiger partial charge in [-0.25, -0.2) is 0 Å². The second-order valence-electron chi connectivity index (χ2n) is 7.22. The number of aromatic nitrogens is 2. The van der Waals surface area contributed by atoms with Crippen LogP contribution in [0.25, 0.3) is 0 Å². The number of piperidine rings is 1. The Hall–Kier alpha value is -2.21. The van der Waals surface area contributed by atoms with Crippen molar-refractivity contribution >= 4 is 5.91 Å². The lowest BCUT2D eigenvalue weighted by Crippen LogP contribution is -2.43. The van der Waals surface area contributed by atoms with Crippen molar-refractivity contribution in [3.05, 3.63) is 47.6 Å². The molecule has 6 nitrogen and oxygen atoms in total. The van der Waals surface area contributed by atoms with Crippen molar-refractivity contribution in [2.24, 2.45) is 0 Å². The molecule has 1 amide bonds. The van der Waals surface area contributed by atoms with Crippen molar-refractivity contribution in [2.45, 2.75) is 57.2 Å². The fourth-order valence-electron chi connectivity index (χ4n) is 3.37. The van der Waals surface area contributed by atoms with Crippen molar-refractivity contribution in [1.29, 1.82) is 0 Å². The highest BCUT2D eigenvalue weighted by Crippen LogP contribution is 2.38. The van der Waals surface area contributed by atoms with Crippen LogP contribution in [0.1, 0.15) is 55.3 Å². The molecule has 6 heteroatoms. The number of rotatable bonds is 7. The Kier molecular flexibility index (Phi) is 5.29. The van der Waals surface area contributed by atoms with Gasteiger partial charge in [-0.1, -0.05) is 35.5 Å². The Bertz CT molecular complexity index is 727. The molecule has 0 radical (unpaired) electrons. The lowest BCUT2D eigenvalue weighted by molar-refractivity contribution is -0.135. The van der Waals surface area contributed by atoms with Crippen LogP contribution in [0.2, 0.25) is 0 Å². The molecule has 1 aliphatic carbocycles. The number of likely N-dealkylation sites (tertiary alicyclic amines) is 1. The van der Waals surface area contributed by atoms with Gasteiger partial charge < -0.3 is 14.2 Å². The number of hydrogen-bond donors (Lipinski definition) is 0. The van der Waals surface area contributed by atoms with Crippen LogP contribution in [0.4, 0.5) is 0 Å². The molecule has 138 valence electrons. The quantitative estimate of drug-likeness (QED) is 0.763. The van der Waals surface area contributed by atoms with E-state index in [1.165, 1.54) is 5.56 Å². The summed E-state index contributed by atoms with van der Waals surface area (Å²) in [5.74, 6) is 2.02. The molecule has 0 spiro atoms. The minimum absolute atomic E-state index is 0.0484. The molecule has 1 aromatic carbocycles. The highest BCUT2D eigenvalue weighted by atomic mass is 16.5. The van der Waals surface area contributed by atoms with Gasteiger partial charge >= 0.3 is 0 Å². The van der Waals surface area contributed by atoms with E-state index in [2.05, 4.69) is 22.3 Å². The summed E-state index contributed by atoms with van der Waals surface area (Å²) in [5, 5.41) is 3.99. The fraction of sp³-hybridized carbons (Fsp3) is 0.550. The number of ether oxygens (including phenoxy) is 1. The van der Waals surface area contributed by atoms with Crippen molar-refractivity contribution in [1.82, 2.24) is 15.0 Å². The first kappa shape index (κ1) is 17.2.